The monoisotopic (exact) mass is 356 g/mol. The van der Waals surface area contributed by atoms with Gasteiger partial charge >= 0.3 is 11.7 Å². The highest BCUT2D eigenvalue weighted by molar-refractivity contribution is 5.90. The van der Waals surface area contributed by atoms with Crippen LogP contribution in [0.4, 0.5) is 11.5 Å². The number of fused-ring (bicyclic) bond motifs is 1. The van der Waals surface area contributed by atoms with E-state index in [-0.39, 0.29) is 17.1 Å². The van der Waals surface area contributed by atoms with Crippen LogP contribution in [0.3, 0.4) is 0 Å². The third-order valence-corrected chi connectivity index (χ3v) is 4.42. The molecule has 136 valence electrons. The lowest BCUT2D eigenvalue weighted by Crippen LogP contribution is -2.34. The number of pyridine rings is 1. The first-order valence-corrected chi connectivity index (χ1v) is 8.34. The van der Waals surface area contributed by atoms with Crippen LogP contribution in [0.15, 0.2) is 36.5 Å². The van der Waals surface area contributed by atoms with Gasteiger partial charge in [-0.25, -0.2) is 9.78 Å². The van der Waals surface area contributed by atoms with Crippen LogP contribution in [0.5, 0.6) is 0 Å². The van der Waals surface area contributed by atoms with Gasteiger partial charge in [0.25, 0.3) is 0 Å². The van der Waals surface area contributed by atoms with Gasteiger partial charge in [0.15, 0.2) is 0 Å². The van der Waals surface area contributed by atoms with Crippen molar-refractivity contribution in [1.29, 1.82) is 0 Å². The Morgan fingerprint density at radius 1 is 1.38 bits per heavy atom. The van der Waals surface area contributed by atoms with Crippen molar-refractivity contribution in [2.45, 2.75) is 13.0 Å². The third kappa shape index (κ3) is 3.97. The van der Waals surface area contributed by atoms with E-state index in [1.54, 1.807) is 0 Å². The minimum absolute atomic E-state index is 0.0531. The van der Waals surface area contributed by atoms with E-state index in [0.717, 1.165) is 26.1 Å². The topological polar surface area (TPSA) is 97.6 Å². The van der Waals surface area contributed by atoms with Crippen molar-refractivity contribution in [3.05, 3.63) is 63.3 Å². The molecule has 1 aliphatic heterocycles. The van der Waals surface area contributed by atoms with E-state index in [9.17, 15) is 14.9 Å². The van der Waals surface area contributed by atoms with Gasteiger partial charge in [0.2, 0.25) is 5.82 Å². The fraction of sp³-hybridized carbons (Fsp3) is 0.333. The van der Waals surface area contributed by atoms with Gasteiger partial charge in [-0.15, -0.1) is 0 Å². The minimum Gasteiger partial charge on any atom is -0.465 e. The number of ether oxygens (including phenoxy) is 1. The number of carbonyl (C=O) groups excluding carboxylic acids is 1. The van der Waals surface area contributed by atoms with Gasteiger partial charge in [0, 0.05) is 38.4 Å². The van der Waals surface area contributed by atoms with E-state index in [2.05, 4.69) is 38.1 Å². The first-order valence-electron chi connectivity index (χ1n) is 8.34. The summed E-state index contributed by atoms with van der Waals surface area (Å²) in [5.41, 5.74) is 2.52. The molecule has 3 rings (SSSR count). The van der Waals surface area contributed by atoms with Gasteiger partial charge in [-0.2, -0.15) is 0 Å². The van der Waals surface area contributed by atoms with Crippen LogP contribution in [0.25, 0.3) is 0 Å². The second-order valence-corrected chi connectivity index (χ2v) is 6.06. The number of hydrogen-bond acceptors (Lipinski definition) is 7. The maximum absolute atomic E-state index is 11.5. The average Bonchev–Trinajstić information content (AvgIpc) is 2.67. The number of aromatic nitrogens is 1. The Bertz CT molecular complexity index is 825. The SMILES string of the molecule is COC(=O)c1cnc(NCCN2CCc3ccccc3C2)c([N+](=O)[O-])c1. The molecule has 0 radical (unpaired) electrons. The highest BCUT2D eigenvalue weighted by atomic mass is 16.6. The van der Waals surface area contributed by atoms with Crippen LogP contribution < -0.4 is 5.32 Å². The Labute approximate surface area is 150 Å². The van der Waals surface area contributed by atoms with E-state index in [1.165, 1.54) is 30.5 Å². The van der Waals surface area contributed by atoms with Gasteiger partial charge < -0.3 is 10.1 Å². The standard InChI is InChI=1S/C18H20N4O4/c1-26-18(23)15-10-16(22(24)25)17(20-11-15)19-7-9-21-8-6-13-4-2-3-5-14(13)12-21/h2-5,10-11H,6-9,12H2,1H3,(H,19,20). The molecule has 1 aliphatic rings. The Hall–Kier alpha value is -3.00. The largest absolute Gasteiger partial charge is 0.465 e. The van der Waals surface area contributed by atoms with Crippen molar-refractivity contribution in [3.63, 3.8) is 0 Å². The zero-order valence-corrected chi connectivity index (χ0v) is 14.5. The number of rotatable bonds is 6. The van der Waals surface area contributed by atoms with Crippen molar-refractivity contribution in [2.24, 2.45) is 0 Å². The van der Waals surface area contributed by atoms with E-state index in [1.807, 2.05) is 6.07 Å². The summed E-state index contributed by atoms with van der Waals surface area (Å²) in [7, 11) is 1.22. The van der Waals surface area contributed by atoms with Crippen molar-refractivity contribution >= 4 is 17.5 Å². The zero-order chi connectivity index (χ0) is 18.5. The van der Waals surface area contributed by atoms with Crippen LogP contribution >= 0.6 is 0 Å². The first-order chi connectivity index (χ1) is 12.6. The van der Waals surface area contributed by atoms with Crippen LogP contribution in [0, 0.1) is 10.1 Å². The van der Waals surface area contributed by atoms with Crippen LogP contribution in [-0.4, -0.2) is 47.5 Å². The molecule has 0 spiro atoms. The molecule has 0 unspecified atom stereocenters. The highest BCUT2D eigenvalue weighted by Gasteiger charge is 2.20. The molecule has 0 fully saturated rings. The molecular formula is C18H20N4O4. The number of esters is 1. The fourth-order valence-corrected chi connectivity index (χ4v) is 3.04. The fourth-order valence-electron chi connectivity index (χ4n) is 3.04. The number of anilines is 1. The maximum Gasteiger partial charge on any atom is 0.339 e. The Balaban J connectivity index is 1.61. The van der Waals surface area contributed by atoms with Crippen LogP contribution in [-0.2, 0) is 17.7 Å². The second-order valence-electron chi connectivity index (χ2n) is 6.06. The molecule has 0 atom stereocenters. The summed E-state index contributed by atoms with van der Waals surface area (Å²) in [6.07, 6.45) is 2.28. The normalized spacial score (nSPS) is 13.7. The van der Waals surface area contributed by atoms with Gasteiger partial charge in [0.1, 0.15) is 0 Å². The molecule has 8 heteroatoms. The number of nitrogens with one attached hydrogen (secondary N) is 1. The summed E-state index contributed by atoms with van der Waals surface area (Å²) < 4.78 is 4.57. The van der Waals surface area contributed by atoms with Gasteiger partial charge in [-0.3, -0.25) is 15.0 Å². The maximum atomic E-state index is 11.5. The molecule has 1 N–H and O–H groups in total. The second kappa shape index (κ2) is 7.92. The molecule has 0 bridgehead atoms. The number of benzene rings is 1. The molecule has 26 heavy (non-hydrogen) atoms. The molecule has 1 aromatic heterocycles. The Morgan fingerprint density at radius 3 is 2.88 bits per heavy atom. The lowest BCUT2D eigenvalue weighted by molar-refractivity contribution is -0.384. The quantitative estimate of drug-likeness (QED) is 0.481. The molecule has 1 aromatic carbocycles. The van der Waals surface area contributed by atoms with Crippen LogP contribution in [0.1, 0.15) is 21.5 Å². The average molecular weight is 356 g/mol. The summed E-state index contributed by atoms with van der Waals surface area (Å²) in [4.78, 5) is 28.5. The van der Waals surface area contributed by atoms with Gasteiger partial charge in [-0.05, 0) is 17.5 Å². The number of hydrogen-bond donors (Lipinski definition) is 1. The zero-order valence-electron chi connectivity index (χ0n) is 14.5. The highest BCUT2D eigenvalue weighted by Crippen LogP contribution is 2.23. The molecule has 0 aliphatic carbocycles. The molecule has 2 heterocycles. The predicted molar refractivity (Wildman–Crippen MR) is 96.1 cm³/mol. The van der Waals surface area contributed by atoms with E-state index < -0.39 is 10.9 Å². The van der Waals surface area contributed by atoms with Crippen molar-refractivity contribution in [2.75, 3.05) is 32.1 Å². The molecule has 0 saturated heterocycles. The lowest BCUT2D eigenvalue weighted by atomic mass is 10.00. The van der Waals surface area contributed by atoms with Gasteiger partial charge in [-0.1, -0.05) is 24.3 Å². The summed E-state index contributed by atoms with van der Waals surface area (Å²) >= 11 is 0. The summed E-state index contributed by atoms with van der Waals surface area (Å²) in [5, 5.41) is 14.3. The number of nitrogens with zero attached hydrogens (tertiary/aromatic N) is 3. The Kier molecular flexibility index (Phi) is 5.43. The van der Waals surface area contributed by atoms with Crippen LogP contribution in [0.2, 0.25) is 0 Å². The molecule has 2 aromatic rings. The van der Waals surface area contributed by atoms with Gasteiger partial charge in [0.05, 0.1) is 17.6 Å². The minimum atomic E-state index is -0.654. The van der Waals surface area contributed by atoms with Crippen molar-refractivity contribution in [3.8, 4) is 0 Å². The van der Waals surface area contributed by atoms with Crippen molar-refractivity contribution < 1.29 is 14.5 Å². The van der Waals surface area contributed by atoms with E-state index in [0.29, 0.717) is 6.54 Å². The number of carbonyl (C=O) groups is 1. The summed E-state index contributed by atoms with van der Waals surface area (Å²) in [6, 6.07) is 9.56. The number of methoxy groups -OCH3 is 1. The Morgan fingerprint density at radius 2 is 2.15 bits per heavy atom. The first kappa shape index (κ1) is 17.8. The summed E-state index contributed by atoms with van der Waals surface area (Å²) in [6.45, 7) is 3.09. The predicted octanol–water partition coefficient (Wildman–Crippen LogP) is 2.25. The molecular weight excluding hydrogens is 336 g/mol. The lowest BCUT2D eigenvalue weighted by Gasteiger charge is -2.28. The van der Waals surface area contributed by atoms with E-state index in [4.69, 9.17) is 0 Å². The smallest absolute Gasteiger partial charge is 0.339 e. The van der Waals surface area contributed by atoms with Crippen molar-refractivity contribution in [1.82, 2.24) is 9.88 Å². The summed E-state index contributed by atoms with van der Waals surface area (Å²) in [5.74, 6) is -0.501. The molecule has 8 nitrogen and oxygen atoms in total. The molecule has 0 saturated carbocycles. The number of nitro groups is 1. The molecule has 0 amide bonds. The van der Waals surface area contributed by atoms with E-state index >= 15 is 0 Å². The third-order valence-electron chi connectivity index (χ3n) is 4.42.